The predicted octanol–water partition coefficient (Wildman–Crippen LogP) is 7.18. The lowest BCUT2D eigenvalue weighted by molar-refractivity contribution is -0.000207. The maximum Gasteiger partial charge on any atom is 0.0456 e. The average molecular weight is 352 g/mol. The van der Waals surface area contributed by atoms with E-state index in [1.807, 2.05) is 13.8 Å². The summed E-state index contributed by atoms with van der Waals surface area (Å²) in [6, 6.07) is 7.22. The Balaban J connectivity index is 0.000000814. The number of hydrogen-bond acceptors (Lipinski definition) is 0. The molecule has 3 aliphatic rings. The third-order valence-electron chi connectivity index (χ3n) is 8.64. The number of aromatic nitrogens is 1. The smallest absolute Gasteiger partial charge is 0.0456 e. The Morgan fingerprint density at radius 1 is 1.08 bits per heavy atom. The summed E-state index contributed by atoms with van der Waals surface area (Å²) in [5.74, 6) is 5.26. The van der Waals surface area contributed by atoms with Crippen LogP contribution in [0.1, 0.15) is 77.8 Å². The SMILES string of the molecule is CC.CC1C[C@]2(C)C(C)C(C)CC2C2CCc3cc4[nH]ccc4cc3C12. The molecular formula is C25H37N. The third kappa shape index (κ3) is 2.42. The van der Waals surface area contributed by atoms with Crippen molar-refractivity contribution in [1.82, 2.24) is 4.98 Å². The molecule has 1 nitrogen and oxygen atoms in total. The number of benzene rings is 1. The van der Waals surface area contributed by atoms with E-state index in [0.29, 0.717) is 5.41 Å². The van der Waals surface area contributed by atoms with Gasteiger partial charge in [-0.2, -0.15) is 0 Å². The highest BCUT2D eigenvalue weighted by atomic mass is 14.7. The van der Waals surface area contributed by atoms with E-state index in [-0.39, 0.29) is 0 Å². The van der Waals surface area contributed by atoms with E-state index in [2.05, 4.69) is 57.1 Å². The van der Waals surface area contributed by atoms with Crippen LogP contribution in [0.15, 0.2) is 24.4 Å². The highest BCUT2D eigenvalue weighted by Crippen LogP contribution is 2.65. The Kier molecular flexibility index (Phi) is 4.48. The van der Waals surface area contributed by atoms with Gasteiger partial charge in [-0.1, -0.05) is 41.5 Å². The summed E-state index contributed by atoms with van der Waals surface area (Å²) in [6.07, 6.45) is 7.68. The molecule has 3 aliphatic carbocycles. The van der Waals surface area contributed by atoms with Crippen LogP contribution in [0.3, 0.4) is 0 Å². The minimum atomic E-state index is 0.579. The Morgan fingerprint density at radius 3 is 2.62 bits per heavy atom. The fraction of sp³-hybridized carbons (Fsp3) is 0.680. The standard InChI is InChI=1S/C23H31N.C2H6/c1-13-9-20-18-6-5-16-11-21-17(7-8-24-21)10-19(16)22(18)14(2)12-23(20,4)15(13)3;1-2/h7-8,10-11,13-15,18,20,22,24H,5-6,9,12H2,1-4H3;1-2H3/t13?,14?,15?,18?,20?,22?,23-;/m1./s1. The van der Waals surface area contributed by atoms with E-state index >= 15 is 0 Å². The summed E-state index contributed by atoms with van der Waals surface area (Å²) in [7, 11) is 0. The minimum Gasteiger partial charge on any atom is -0.361 e. The molecule has 0 saturated heterocycles. The molecule has 2 fully saturated rings. The van der Waals surface area contributed by atoms with Crippen LogP contribution in [-0.2, 0) is 6.42 Å². The zero-order valence-electron chi connectivity index (χ0n) is 17.6. The van der Waals surface area contributed by atoms with Crippen LogP contribution < -0.4 is 0 Å². The van der Waals surface area contributed by atoms with Crippen molar-refractivity contribution < 1.29 is 0 Å². The topological polar surface area (TPSA) is 15.8 Å². The molecule has 0 aliphatic heterocycles. The monoisotopic (exact) mass is 351 g/mol. The first kappa shape index (κ1) is 18.1. The van der Waals surface area contributed by atoms with E-state index in [9.17, 15) is 0 Å². The minimum absolute atomic E-state index is 0.579. The fourth-order valence-corrected chi connectivity index (χ4v) is 7.29. The Labute approximate surface area is 160 Å². The molecule has 1 aromatic heterocycles. The zero-order chi connectivity index (χ0) is 18.6. The van der Waals surface area contributed by atoms with E-state index in [1.54, 1.807) is 11.1 Å². The average Bonchev–Trinajstić information content (AvgIpc) is 3.18. The lowest BCUT2D eigenvalue weighted by Gasteiger charge is -2.53. The van der Waals surface area contributed by atoms with Crippen LogP contribution in [0.25, 0.3) is 10.9 Å². The Bertz CT molecular complexity index is 787. The van der Waals surface area contributed by atoms with Gasteiger partial charge in [0.05, 0.1) is 0 Å². The van der Waals surface area contributed by atoms with Crippen molar-refractivity contribution in [3.63, 3.8) is 0 Å². The van der Waals surface area contributed by atoms with E-state index in [4.69, 9.17) is 0 Å². The highest BCUT2D eigenvalue weighted by Gasteiger charge is 2.57. The van der Waals surface area contributed by atoms with Crippen LogP contribution in [-0.4, -0.2) is 4.98 Å². The molecule has 0 amide bonds. The number of nitrogens with one attached hydrogen (secondary N) is 1. The quantitative estimate of drug-likeness (QED) is 0.517. The summed E-state index contributed by atoms with van der Waals surface area (Å²) in [5.41, 5.74) is 5.22. The second-order valence-corrected chi connectivity index (χ2v) is 9.64. The molecule has 2 saturated carbocycles. The van der Waals surface area contributed by atoms with Gasteiger partial charge in [-0.05, 0) is 101 Å². The molecule has 7 atom stereocenters. The van der Waals surface area contributed by atoms with Crippen molar-refractivity contribution in [2.45, 2.75) is 73.1 Å². The molecule has 1 heterocycles. The van der Waals surface area contributed by atoms with Gasteiger partial charge in [0.2, 0.25) is 0 Å². The molecule has 142 valence electrons. The van der Waals surface area contributed by atoms with E-state index in [0.717, 1.165) is 35.5 Å². The Hall–Kier alpha value is -1.24. The fourth-order valence-electron chi connectivity index (χ4n) is 7.29. The summed E-state index contributed by atoms with van der Waals surface area (Å²) < 4.78 is 0. The van der Waals surface area contributed by atoms with Crippen LogP contribution in [0.5, 0.6) is 0 Å². The second kappa shape index (κ2) is 6.43. The van der Waals surface area contributed by atoms with Crippen molar-refractivity contribution in [2.24, 2.45) is 35.0 Å². The molecule has 1 heteroatoms. The molecule has 6 unspecified atom stereocenters. The third-order valence-corrected chi connectivity index (χ3v) is 8.64. The van der Waals surface area contributed by atoms with Gasteiger partial charge >= 0.3 is 0 Å². The lowest BCUT2D eigenvalue weighted by atomic mass is 9.51. The number of aromatic amines is 1. The molecule has 2 aromatic rings. The number of H-pyrrole nitrogens is 1. The van der Waals surface area contributed by atoms with Crippen molar-refractivity contribution in [3.05, 3.63) is 35.5 Å². The van der Waals surface area contributed by atoms with Gasteiger partial charge in [-0.3, -0.25) is 0 Å². The van der Waals surface area contributed by atoms with Crippen LogP contribution in [0.2, 0.25) is 0 Å². The zero-order valence-corrected chi connectivity index (χ0v) is 17.6. The van der Waals surface area contributed by atoms with Crippen molar-refractivity contribution >= 4 is 10.9 Å². The van der Waals surface area contributed by atoms with Gasteiger partial charge in [-0.15, -0.1) is 0 Å². The van der Waals surface area contributed by atoms with E-state index in [1.165, 1.54) is 36.6 Å². The molecule has 1 N–H and O–H groups in total. The van der Waals surface area contributed by atoms with Crippen molar-refractivity contribution in [3.8, 4) is 0 Å². The van der Waals surface area contributed by atoms with Gasteiger partial charge in [0.25, 0.3) is 0 Å². The molecule has 0 bridgehead atoms. The van der Waals surface area contributed by atoms with Crippen LogP contribution in [0, 0.1) is 35.0 Å². The summed E-state index contributed by atoms with van der Waals surface area (Å²) in [6.45, 7) is 14.2. The largest absolute Gasteiger partial charge is 0.361 e. The normalized spacial score (nSPS) is 41.0. The number of hydrogen-bond donors (Lipinski definition) is 1. The molecule has 0 spiro atoms. The van der Waals surface area contributed by atoms with Gasteiger partial charge in [0, 0.05) is 11.7 Å². The maximum absolute atomic E-state index is 3.41. The van der Waals surface area contributed by atoms with Crippen LogP contribution >= 0.6 is 0 Å². The maximum atomic E-state index is 3.41. The van der Waals surface area contributed by atoms with Crippen LogP contribution in [0.4, 0.5) is 0 Å². The van der Waals surface area contributed by atoms with Gasteiger partial charge in [0.1, 0.15) is 0 Å². The summed E-state index contributed by atoms with van der Waals surface area (Å²) in [5, 5.41) is 1.41. The van der Waals surface area contributed by atoms with Gasteiger partial charge in [-0.25, -0.2) is 0 Å². The van der Waals surface area contributed by atoms with Crippen molar-refractivity contribution in [1.29, 1.82) is 0 Å². The van der Waals surface area contributed by atoms with E-state index < -0.39 is 0 Å². The molecule has 1 aromatic carbocycles. The first-order valence-corrected chi connectivity index (χ1v) is 11.1. The molecule has 26 heavy (non-hydrogen) atoms. The number of fused-ring (bicyclic) bond motifs is 6. The van der Waals surface area contributed by atoms with Gasteiger partial charge in [0.15, 0.2) is 0 Å². The summed E-state index contributed by atoms with van der Waals surface area (Å²) >= 11 is 0. The first-order chi connectivity index (χ1) is 12.5. The van der Waals surface area contributed by atoms with Gasteiger partial charge < -0.3 is 4.98 Å². The second-order valence-electron chi connectivity index (χ2n) is 9.64. The molecular weight excluding hydrogens is 314 g/mol. The molecule has 0 radical (unpaired) electrons. The Morgan fingerprint density at radius 2 is 1.85 bits per heavy atom. The highest BCUT2D eigenvalue weighted by molar-refractivity contribution is 5.81. The number of aryl methyl sites for hydroxylation is 1. The van der Waals surface area contributed by atoms with Crippen molar-refractivity contribution in [2.75, 3.05) is 0 Å². The first-order valence-electron chi connectivity index (χ1n) is 11.1. The lowest BCUT2D eigenvalue weighted by Crippen LogP contribution is -2.45. The number of rotatable bonds is 0. The summed E-state index contributed by atoms with van der Waals surface area (Å²) in [4.78, 5) is 3.41. The predicted molar refractivity (Wildman–Crippen MR) is 113 cm³/mol. The molecule has 5 rings (SSSR count).